The van der Waals surface area contributed by atoms with Gasteiger partial charge in [0.2, 0.25) is 0 Å². The maximum absolute atomic E-state index is 12.2. The molecule has 1 amide bonds. The number of anilines is 1. The van der Waals surface area contributed by atoms with Crippen molar-refractivity contribution in [1.82, 2.24) is 5.32 Å². The van der Waals surface area contributed by atoms with Gasteiger partial charge in [-0.05, 0) is 12.5 Å². The molecule has 110 valence electrons. The van der Waals surface area contributed by atoms with Crippen molar-refractivity contribution < 1.29 is 9.72 Å². The quantitative estimate of drug-likeness (QED) is 0.699. The van der Waals surface area contributed by atoms with Crippen molar-refractivity contribution in [3.8, 4) is 0 Å². The number of carbonyl (C=O) groups excluding carboxylic acids is 1. The number of benzene rings is 1. The summed E-state index contributed by atoms with van der Waals surface area (Å²) in [5.74, 6) is -0.0903. The molecule has 3 rings (SSSR count). The lowest BCUT2D eigenvalue weighted by Crippen LogP contribution is -2.30. The molecule has 0 unspecified atom stereocenters. The Labute approximate surface area is 125 Å². The van der Waals surface area contributed by atoms with Crippen LogP contribution in [0.5, 0.6) is 0 Å². The maximum atomic E-state index is 12.2. The molecular weight excluding hydrogens is 290 g/mol. The molecule has 0 saturated carbocycles. The highest BCUT2D eigenvalue weighted by molar-refractivity contribution is 7.21. The highest BCUT2D eigenvalue weighted by Crippen LogP contribution is 2.40. The van der Waals surface area contributed by atoms with Gasteiger partial charge in [-0.3, -0.25) is 14.9 Å². The van der Waals surface area contributed by atoms with Gasteiger partial charge in [0.05, 0.1) is 10.6 Å². The third-order valence-corrected chi connectivity index (χ3v) is 4.70. The fourth-order valence-corrected chi connectivity index (χ4v) is 3.77. The zero-order valence-electron chi connectivity index (χ0n) is 11.6. The molecule has 1 aliphatic heterocycles. The van der Waals surface area contributed by atoms with E-state index in [0.29, 0.717) is 11.4 Å². The summed E-state index contributed by atoms with van der Waals surface area (Å²) in [4.78, 5) is 25.6. The highest BCUT2D eigenvalue weighted by atomic mass is 32.1. The van der Waals surface area contributed by atoms with Crippen LogP contribution >= 0.6 is 11.3 Å². The van der Waals surface area contributed by atoms with Gasteiger partial charge in [0.25, 0.3) is 11.6 Å². The average Bonchev–Trinajstić information content (AvgIpc) is 2.77. The molecular formula is C14H15N3O3S. The first-order valence-electron chi connectivity index (χ1n) is 6.86. The summed E-state index contributed by atoms with van der Waals surface area (Å²) >= 11 is 1.39. The highest BCUT2D eigenvalue weighted by Gasteiger charge is 2.26. The largest absolute Gasteiger partial charge is 0.368 e. The van der Waals surface area contributed by atoms with Gasteiger partial charge in [0, 0.05) is 41.9 Å². The van der Waals surface area contributed by atoms with Crippen molar-refractivity contribution in [1.29, 1.82) is 0 Å². The summed E-state index contributed by atoms with van der Waals surface area (Å²) in [6, 6.07) is 4.79. The van der Waals surface area contributed by atoms with Crippen LogP contribution in [0.15, 0.2) is 18.2 Å². The van der Waals surface area contributed by atoms with Crippen molar-refractivity contribution in [2.45, 2.75) is 13.3 Å². The number of hydrogen-bond donors (Lipinski definition) is 1. The molecule has 2 heterocycles. The summed E-state index contributed by atoms with van der Waals surface area (Å²) in [6.45, 7) is 4.23. The first kappa shape index (κ1) is 13.8. The molecule has 0 radical (unpaired) electrons. The van der Waals surface area contributed by atoms with E-state index in [4.69, 9.17) is 0 Å². The maximum Gasteiger partial charge on any atom is 0.270 e. The number of fused-ring (bicyclic) bond motifs is 3. The van der Waals surface area contributed by atoms with Crippen molar-refractivity contribution in [3.63, 3.8) is 0 Å². The van der Waals surface area contributed by atoms with Crippen molar-refractivity contribution >= 4 is 38.7 Å². The SMILES string of the molecule is CCCN1CCNC(=O)c2sc3ccc([N+](=O)[O-])cc3c21. The van der Waals surface area contributed by atoms with Crippen molar-refractivity contribution in [3.05, 3.63) is 33.2 Å². The summed E-state index contributed by atoms with van der Waals surface area (Å²) < 4.78 is 0.906. The van der Waals surface area contributed by atoms with E-state index < -0.39 is 4.92 Å². The third-order valence-electron chi connectivity index (χ3n) is 3.54. The molecule has 0 spiro atoms. The number of thiophene rings is 1. The number of hydrogen-bond acceptors (Lipinski definition) is 5. The Kier molecular flexibility index (Phi) is 3.50. The number of carbonyl (C=O) groups is 1. The molecule has 21 heavy (non-hydrogen) atoms. The van der Waals surface area contributed by atoms with Gasteiger partial charge in [-0.25, -0.2) is 0 Å². The molecule has 1 N–H and O–H groups in total. The summed E-state index contributed by atoms with van der Waals surface area (Å²) in [5, 5.41) is 14.7. The van der Waals surface area contributed by atoms with E-state index in [2.05, 4.69) is 17.1 Å². The first-order valence-corrected chi connectivity index (χ1v) is 7.67. The van der Waals surface area contributed by atoms with E-state index in [1.165, 1.54) is 17.4 Å². The lowest BCUT2D eigenvalue weighted by atomic mass is 10.1. The Morgan fingerprint density at radius 2 is 2.29 bits per heavy atom. The monoisotopic (exact) mass is 305 g/mol. The first-order chi connectivity index (χ1) is 10.1. The standard InChI is InChI=1S/C14H15N3O3S/c1-2-6-16-7-5-15-14(18)13-12(16)10-8-9(17(19)20)3-4-11(10)21-13/h3-4,8H,2,5-7H2,1H3,(H,15,18). The van der Waals surface area contributed by atoms with E-state index in [0.717, 1.165) is 35.3 Å². The Bertz CT molecular complexity index is 726. The van der Waals surface area contributed by atoms with Crippen molar-refractivity contribution in [2.75, 3.05) is 24.5 Å². The summed E-state index contributed by atoms with van der Waals surface area (Å²) in [6.07, 6.45) is 0.958. The van der Waals surface area contributed by atoms with Gasteiger partial charge in [-0.2, -0.15) is 0 Å². The number of non-ortho nitro benzene ring substituents is 1. The van der Waals surface area contributed by atoms with E-state index in [1.807, 2.05) is 0 Å². The van der Waals surface area contributed by atoms with Gasteiger partial charge >= 0.3 is 0 Å². The van der Waals surface area contributed by atoms with Crippen LogP contribution in [-0.2, 0) is 0 Å². The van der Waals surface area contributed by atoms with Gasteiger partial charge in [-0.1, -0.05) is 6.92 Å². The second-order valence-electron chi connectivity index (χ2n) is 4.96. The smallest absolute Gasteiger partial charge is 0.270 e. The zero-order chi connectivity index (χ0) is 15.0. The van der Waals surface area contributed by atoms with Crippen LogP contribution in [-0.4, -0.2) is 30.5 Å². The molecule has 0 atom stereocenters. The molecule has 0 fully saturated rings. The van der Waals surface area contributed by atoms with E-state index in [-0.39, 0.29) is 11.6 Å². The number of nitrogens with zero attached hydrogens (tertiary/aromatic N) is 2. The minimum atomic E-state index is -0.398. The van der Waals surface area contributed by atoms with E-state index >= 15 is 0 Å². The predicted octanol–water partition coefficient (Wildman–Crippen LogP) is 2.77. The number of rotatable bonds is 3. The summed E-state index contributed by atoms with van der Waals surface area (Å²) in [7, 11) is 0. The lowest BCUT2D eigenvalue weighted by molar-refractivity contribution is -0.384. The second-order valence-corrected chi connectivity index (χ2v) is 6.01. The van der Waals surface area contributed by atoms with Gasteiger partial charge < -0.3 is 10.2 Å². The van der Waals surface area contributed by atoms with Crippen LogP contribution in [0.1, 0.15) is 23.0 Å². The average molecular weight is 305 g/mol. The Morgan fingerprint density at radius 3 is 3.00 bits per heavy atom. The van der Waals surface area contributed by atoms with Crippen LogP contribution in [0.3, 0.4) is 0 Å². The Hall–Kier alpha value is -2.15. The minimum absolute atomic E-state index is 0.0594. The molecule has 1 aromatic heterocycles. The Morgan fingerprint density at radius 1 is 1.48 bits per heavy atom. The van der Waals surface area contributed by atoms with Crippen LogP contribution in [0.2, 0.25) is 0 Å². The fraction of sp³-hybridized carbons (Fsp3) is 0.357. The third kappa shape index (κ3) is 2.33. The topological polar surface area (TPSA) is 75.5 Å². The normalized spacial score (nSPS) is 14.7. The number of amides is 1. The predicted molar refractivity (Wildman–Crippen MR) is 83.3 cm³/mol. The molecule has 0 bridgehead atoms. The Balaban J connectivity index is 2.24. The van der Waals surface area contributed by atoms with E-state index in [9.17, 15) is 14.9 Å². The van der Waals surface area contributed by atoms with E-state index in [1.54, 1.807) is 12.1 Å². The fourth-order valence-electron chi connectivity index (χ4n) is 2.64. The number of nitro benzene ring substituents is 1. The number of nitro groups is 1. The summed E-state index contributed by atoms with van der Waals surface area (Å²) in [5.41, 5.74) is 0.903. The molecule has 1 aromatic carbocycles. The van der Waals surface area contributed by atoms with Crippen LogP contribution in [0, 0.1) is 10.1 Å². The molecule has 6 nitrogen and oxygen atoms in total. The minimum Gasteiger partial charge on any atom is -0.368 e. The molecule has 2 aromatic rings. The van der Waals surface area contributed by atoms with Crippen LogP contribution in [0.25, 0.3) is 10.1 Å². The van der Waals surface area contributed by atoms with Crippen LogP contribution in [0.4, 0.5) is 11.4 Å². The number of nitrogens with one attached hydrogen (secondary N) is 1. The zero-order valence-corrected chi connectivity index (χ0v) is 12.4. The lowest BCUT2D eigenvalue weighted by Gasteiger charge is -2.22. The second kappa shape index (κ2) is 5.33. The molecule has 7 heteroatoms. The van der Waals surface area contributed by atoms with Crippen LogP contribution < -0.4 is 10.2 Å². The molecule has 1 aliphatic rings. The van der Waals surface area contributed by atoms with Gasteiger partial charge in [-0.15, -0.1) is 11.3 Å². The van der Waals surface area contributed by atoms with Crippen molar-refractivity contribution in [2.24, 2.45) is 0 Å². The molecule has 0 aliphatic carbocycles. The van der Waals surface area contributed by atoms with Gasteiger partial charge in [0.15, 0.2) is 0 Å². The molecule has 0 saturated heterocycles. The van der Waals surface area contributed by atoms with Gasteiger partial charge in [0.1, 0.15) is 4.88 Å².